The molecule has 1 N–H and O–H groups in total. The first-order chi connectivity index (χ1) is 15.9. The molecule has 168 valence electrons. The molecular weight excluding hydrogens is 442 g/mol. The van der Waals surface area contributed by atoms with Crippen LogP contribution in [-0.2, 0) is 4.79 Å². The summed E-state index contributed by atoms with van der Waals surface area (Å²) in [4.78, 5) is 25.8. The summed E-state index contributed by atoms with van der Waals surface area (Å²) < 4.78 is 16.9. The van der Waals surface area contributed by atoms with Gasteiger partial charge in [-0.2, -0.15) is 0 Å². The van der Waals surface area contributed by atoms with E-state index in [2.05, 4.69) is 5.32 Å². The Labute approximate surface area is 195 Å². The molecule has 0 saturated heterocycles. The number of carbonyl (C=O) groups is 1. The Balaban J connectivity index is 1.68. The number of aryl methyl sites for hydroxylation is 2. The van der Waals surface area contributed by atoms with Crippen LogP contribution in [0.2, 0.25) is 5.02 Å². The minimum absolute atomic E-state index is 0.0452. The lowest BCUT2D eigenvalue weighted by atomic mass is 10.1. The largest absolute Gasteiger partial charge is 0.497 e. The molecule has 0 saturated carbocycles. The molecule has 0 atom stereocenters. The summed E-state index contributed by atoms with van der Waals surface area (Å²) in [6.45, 7) is 3.43. The van der Waals surface area contributed by atoms with Gasteiger partial charge >= 0.3 is 0 Å². The van der Waals surface area contributed by atoms with Crippen molar-refractivity contribution in [2.24, 2.45) is 0 Å². The minimum atomic E-state index is -0.420. The highest BCUT2D eigenvalue weighted by atomic mass is 35.5. The molecule has 1 aromatic heterocycles. The monoisotopic (exact) mass is 463 g/mol. The predicted octanol–water partition coefficient (Wildman–Crippen LogP) is 5.76. The molecule has 7 heteroatoms. The molecule has 1 heterocycles. The molecule has 0 radical (unpaired) electrons. The third kappa shape index (κ3) is 4.86. The lowest BCUT2D eigenvalue weighted by Crippen LogP contribution is -2.22. The van der Waals surface area contributed by atoms with Gasteiger partial charge in [0.2, 0.25) is 11.2 Å². The van der Waals surface area contributed by atoms with E-state index in [1.54, 1.807) is 43.5 Å². The van der Waals surface area contributed by atoms with E-state index in [1.807, 2.05) is 38.1 Å². The number of halogens is 1. The molecule has 0 fully saturated rings. The van der Waals surface area contributed by atoms with Gasteiger partial charge in [-0.25, -0.2) is 0 Å². The Kier molecular flexibility index (Phi) is 6.38. The number of ether oxygens (including phenoxy) is 2. The summed E-state index contributed by atoms with van der Waals surface area (Å²) in [6, 6.07) is 17.7. The standard InChI is InChI=1S/C26H22ClNO5/c1-15-4-6-17(7-5-15)25-26(24(30)20-13-21(27)16(2)12-22(20)33-25)32-14-23(29)28-18-8-10-19(31-3)11-9-18/h4-13H,14H2,1-3H3,(H,28,29). The summed E-state index contributed by atoms with van der Waals surface area (Å²) in [5.74, 6) is 0.466. The van der Waals surface area contributed by atoms with Crippen LogP contribution in [0.5, 0.6) is 11.5 Å². The zero-order valence-corrected chi connectivity index (χ0v) is 19.2. The van der Waals surface area contributed by atoms with Gasteiger partial charge in [-0.05, 0) is 55.8 Å². The van der Waals surface area contributed by atoms with Gasteiger partial charge in [-0.15, -0.1) is 0 Å². The van der Waals surface area contributed by atoms with Gasteiger partial charge in [0.15, 0.2) is 12.4 Å². The average Bonchev–Trinajstić information content (AvgIpc) is 2.81. The first-order valence-corrected chi connectivity index (χ1v) is 10.6. The summed E-state index contributed by atoms with van der Waals surface area (Å²) in [5, 5.41) is 3.46. The molecule has 4 aromatic rings. The lowest BCUT2D eigenvalue weighted by Gasteiger charge is -2.13. The molecule has 1 amide bonds. The van der Waals surface area contributed by atoms with E-state index in [-0.39, 0.29) is 23.5 Å². The fraction of sp³-hybridized carbons (Fsp3) is 0.154. The molecule has 6 nitrogen and oxygen atoms in total. The van der Waals surface area contributed by atoms with Crippen LogP contribution in [-0.4, -0.2) is 19.6 Å². The topological polar surface area (TPSA) is 77.8 Å². The van der Waals surface area contributed by atoms with Crippen LogP contribution >= 0.6 is 11.6 Å². The normalized spacial score (nSPS) is 10.8. The van der Waals surface area contributed by atoms with Crippen LogP contribution < -0.4 is 20.2 Å². The number of carbonyl (C=O) groups excluding carboxylic acids is 1. The Bertz CT molecular complexity index is 1380. The molecule has 0 bridgehead atoms. The van der Waals surface area contributed by atoms with Crippen molar-refractivity contribution in [3.63, 3.8) is 0 Å². The molecule has 0 unspecified atom stereocenters. The van der Waals surface area contributed by atoms with E-state index in [9.17, 15) is 9.59 Å². The Hall–Kier alpha value is -3.77. The summed E-state index contributed by atoms with van der Waals surface area (Å²) in [5.41, 5.74) is 3.09. The van der Waals surface area contributed by atoms with Crippen molar-refractivity contribution in [2.45, 2.75) is 13.8 Å². The van der Waals surface area contributed by atoms with Crippen molar-refractivity contribution < 1.29 is 18.7 Å². The second-order valence-electron chi connectivity index (χ2n) is 7.62. The van der Waals surface area contributed by atoms with Gasteiger partial charge in [0.25, 0.3) is 5.91 Å². The van der Waals surface area contributed by atoms with Gasteiger partial charge in [0.1, 0.15) is 11.3 Å². The Morgan fingerprint density at radius 2 is 1.73 bits per heavy atom. The maximum atomic E-state index is 13.3. The van der Waals surface area contributed by atoms with Crippen LogP contribution in [0.1, 0.15) is 11.1 Å². The summed E-state index contributed by atoms with van der Waals surface area (Å²) in [6.07, 6.45) is 0. The first-order valence-electron chi connectivity index (χ1n) is 10.3. The van der Waals surface area contributed by atoms with Crippen molar-refractivity contribution in [3.05, 3.63) is 87.0 Å². The number of amides is 1. The maximum absolute atomic E-state index is 13.3. The van der Waals surface area contributed by atoms with Crippen LogP contribution in [0, 0.1) is 13.8 Å². The van der Waals surface area contributed by atoms with Crippen molar-refractivity contribution in [1.29, 1.82) is 0 Å². The van der Waals surface area contributed by atoms with E-state index in [0.717, 1.165) is 11.1 Å². The predicted molar refractivity (Wildman–Crippen MR) is 130 cm³/mol. The van der Waals surface area contributed by atoms with Gasteiger partial charge in [-0.3, -0.25) is 9.59 Å². The van der Waals surface area contributed by atoms with Crippen LogP contribution in [0.25, 0.3) is 22.3 Å². The van der Waals surface area contributed by atoms with Crippen molar-refractivity contribution in [1.82, 2.24) is 0 Å². The van der Waals surface area contributed by atoms with Crippen molar-refractivity contribution in [2.75, 3.05) is 19.0 Å². The zero-order valence-electron chi connectivity index (χ0n) is 18.4. The highest BCUT2D eigenvalue weighted by Crippen LogP contribution is 2.33. The highest BCUT2D eigenvalue weighted by Gasteiger charge is 2.20. The molecule has 0 aliphatic carbocycles. The summed E-state index contributed by atoms with van der Waals surface area (Å²) >= 11 is 6.23. The van der Waals surface area contributed by atoms with Crippen LogP contribution in [0.4, 0.5) is 5.69 Å². The van der Waals surface area contributed by atoms with E-state index in [0.29, 0.717) is 27.6 Å². The second-order valence-corrected chi connectivity index (χ2v) is 8.03. The zero-order chi connectivity index (χ0) is 23.5. The van der Waals surface area contributed by atoms with Gasteiger partial charge in [0, 0.05) is 16.3 Å². The van der Waals surface area contributed by atoms with E-state index < -0.39 is 11.3 Å². The number of hydrogen-bond acceptors (Lipinski definition) is 5. The number of nitrogens with one attached hydrogen (secondary N) is 1. The van der Waals surface area contributed by atoms with Crippen LogP contribution in [0.15, 0.2) is 69.9 Å². The molecular formula is C26H22ClNO5. The smallest absolute Gasteiger partial charge is 0.262 e. The van der Waals surface area contributed by atoms with Crippen LogP contribution in [0.3, 0.4) is 0 Å². The SMILES string of the molecule is COc1ccc(NC(=O)COc2c(-c3ccc(C)cc3)oc3cc(C)c(Cl)cc3c2=O)cc1. The van der Waals surface area contributed by atoms with E-state index >= 15 is 0 Å². The molecule has 0 aliphatic heterocycles. The number of hydrogen-bond donors (Lipinski definition) is 1. The number of rotatable bonds is 6. The molecule has 0 spiro atoms. The van der Waals surface area contributed by atoms with Crippen molar-refractivity contribution >= 4 is 34.2 Å². The minimum Gasteiger partial charge on any atom is -0.497 e. The van der Waals surface area contributed by atoms with Gasteiger partial charge in [-0.1, -0.05) is 41.4 Å². The van der Waals surface area contributed by atoms with E-state index in [4.69, 9.17) is 25.5 Å². The lowest BCUT2D eigenvalue weighted by molar-refractivity contribution is -0.118. The quantitative estimate of drug-likeness (QED) is 0.393. The molecule has 33 heavy (non-hydrogen) atoms. The van der Waals surface area contributed by atoms with Gasteiger partial charge < -0.3 is 19.2 Å². The fourth-order valence-electron chi connectivity index (χ4n) is 3.33. The molecule has 4 rings (SSSR count). The molecule has 3 aromatic carbocycles. The van der Waals surface area contributed by atoms with E-state index in [1.165, 1.54) is 0 Å². The summed E-state index contributed by atoms with van der Waals surface area (Å²) in [7, 11) is 1.57. The molecule has 0 aliphatic rings. The highest BCUT2D eigenvalue weighted by molar-refractivity contribution is 6.32. The number of fused-ring (bicyclic) bond motifs is 1. The Morgan fingerprint density at radius 3 is 2.39 bits per heavy atom. The fourth-order valence-corrected chi connectivity index (χ4v) is 3.50. The van der Waals surface area contributed by atoms with Gasteiger partial charge in [0.05, 0.1) is 12.5 Å². The third-order valence-corrected chi connectivity index (χ3v) is 5.57. The maximum Gasteiger partial charge on any atom is 0.262 e. The average molecular weight is 464 g/mol. The van der Waals surface area contributed by atoms with Crippen molar-refractivity contribution in [3.8, 4) is 22.8 Å². The number of benzene rings is 3. The Morgan fingerprint density at radius 1 is 1.03 bits per heavy atom. The first kappa shape index (κ1) is 22.4. The number of methoxy groups -OCH3 is 1. The number of anilines is 1. The third-order valence-electron chi connectivity index (χ3n) is 5.17. The second kappa shape index (κ2) is 9.38.